The fourth-order valence-corrected chi connectivity index (χ4v) is 4.41. The molecule has 0 radical (unpaired) electrons. The third-order valence-corrected chi connectivity index (χ3v) is 5.84. The molecule has 1 N–H and O–H groups in total. The van der Waals surface area contributed by atoms with Crippen LogP contribution in [0.15, 0.2) is 29.4 Å². The third-order valence-electron chi connectivity index (χ3n) is 5.84. The normalized spacial score (nSPS) is 31.1. The second-order valence-electron chi connectivity index (χ2n) is 7.48. The van der Waals surface area contributed by atoms with Gasteiger partial charge in [-0.25, -0.2) is 9.80 Å². The zero-order valence-corrected chi connectivity index (χ0v) is 14.7. The summed E-state index contributed by atoms with van der Waals surface area (Å²) in [6.07, 6.45) is 7.85. The number of amides is 1. The summed E-state index contributed by atoms with van der Waals surface area (Å²) >= 11 is 0. The van der Waals surface area contributed by atoms with Crippen molar-refractivity contribution in [1.82, 2.24) is 5.01 Å². The molecule has 6 heteroatoms. The van der Waals surface area contributed by atoms with Crippen LogP contribution in [0, 0.1) is 11.8 Å². The molecule has 0 saturated carbocycles. The number of hydrazone groups is 1. The van der Waals surface area contributed by atoms with Crippen LogP contribution >= 0.6 is 0 Å². The summed E-state index contributed by atoms with van der Waals surface area (Å²) in [6.45, 7) is 0.707. The van der Waals surface area contributed by atoms with Gasteiger partial charge in [0.25, 0.3) is 0 Å². The Kier molecular flexibility index (Phi) is 4.76. The van der Waals surface area contributed by atoms with Crippen LogP contribution in [0.2, 0.25) is 0 Å². The predicted molar refractivity (Wildman–Crippen MR) is 96.0 cm³/mol. The number of carboxylic acid groups (broad SMARTS) is 1. The number of nitrogens with zero attached hydrogens (tertiary/aromatic N) is 2. The average molecular weight is 356 g/mol. The van der Waals surface area contributed by atoms with Gasteiger partial charge in [-0.05, 0) is 55.7 Å². The zero-order valence-electron chi connectivity index (χ0n) is 14.7. The lowest BCUT2D eigenvalue weighted by molar-refractivity contribution is -0.133. The van der Waals surface area contributed by atoms with Crippen molar-refractivity contribution >= 4 is 18.1 Å². The number of aromatic carboxylic acids is 1. The molecule has 3 aliphatic heterocycles. The van der Waals surface area contributed by atoms with Crippen LogP contribution in [-0.4, -0.2) is 47.0 Å². The van der Waals surface area contributed by atoms with Gasteiger partial charge in [0.1, 0.15) is 0 Å². The van der Waals surface area contributed by atoms with Gasteiger partial charge in [0, 0.05) is 25.1 Å². The van der Waals surface area contributed by atoms with Crippen molar-refractivity contribution in [1.29, 1.82) is 0 Å². The first-order valence-electron chi connectivity index (χ1n) is 9.44. The van der Waals surface area contributed by atoms with E-state index in [0.717, 1.165) is 37.7 Å². The molecular weight excluding hydrogens is 332 g/mol. The summed E-state index contributed by atoms with van der Waals surface area (Å²) < 4.78 is 6.11. The fraction of sp³-hybridized carbons (Fsp3) is 0.550. The van der Waals surface area contributed by atoms with Gasteiger partial charge in [-0.15, -0.1) is 0 Å². The number of hydrogen-bond donors (Lipinski definition) is 1. The van der Waals surface area contributed by atoms with Crippen LogP contribution in [-0.2, 0) is 16.0 Å². The van der Waals surface area contributed by atoms with Gasteiger partial charge in [-0.2, -0.15) is 5.10 Å². The van der Waals surface area contributed by atoms with Crippen LogP contribution in [0.25, 0.3) is 0 Å². The second kappa shape index (κ2) is 7.19. The van der Waals surface area contributed by atoms with Crippen molar-refractivity contribution in [2.45, 2.75) is 50.7 Å². The van der Waals surface area contributed by atoms with Crippen LogP contribution < -0.4 is 0 Å². The molecule has 138 valence electrons. The summed E-state index contributed by atoms with van der Waals surface area (Å²) in [5, 5.41) is 15.1. The Hall–Kier alpha value is -2.21. The molecule has 3 fully saturated rings. The largest absolute Gasteiger partial charge is 0.478 e. The number of benzene rings is 1. The van der Waals surface area contributed by atoms with Crippen molar-refractivity contribution in [3.05, 3.63) is 35.4 Å². The number of fused-ring (bicyclic) bond motifs is 2. The van der Waals surface area contributed by atoms with Crippen LogP contribution in [0.3, 0.4) is 0 Å². The molecular formula is C20H24N2O4. The van der Waals surface area contributed by atoms with E-state index >= 15 is 0 Å². The summed E-state index contributed by atoms with van der Waals surface area (Å²) in [7, 11) is 0. The summed E-state index contributed by atoms with van der Waals surface area (Å²) in [4.78, 5) is 23.0. The predicted octanol–water partition coefficient (Wildman–Crippen LogP) is 2.72. The standard InChI is InChI=1S/C20H24N2O4/c23-19-3-1-2-10-22(19)21-12-16-15(17-8-9-18(16)26-17)11-13-4-6-14(7-5-13)20(24)25/h4-7,12,15-18H,1-3,8-11H2,(H,24,25)/t15-,16+,17-,18+/m1/s1. The molecule has 0 aromatic heterocycles. The van der Waals surface area contributed by atoms with Gasteiger partial charge in [0.15, 0.2) is 0 Å². The highest BCUT2D eigenvalue weighted by atomic mass is 16.5. The Morgan fingerprint density at radius 3 is 2.73 bits per heavy atom. The maximum Gasteiger partial charge on any atom is 0.335 e. The monoisotopic (exact) mass is 356 g/mol. The van der Waals surface area contributed by atoms with Crippen molar-refractivity contribution in [2.24, 2.45) is 16.9 Å². The van der Waals surface area contributed by atoms with Crippen molar-refractivity contribution in [3.8, 4) is 0 Å². The highest BCUT2D eigenvalue weighted by Gasteiger charge is 2.48. The smallest absolute Gasteiger partial charge is 0.335 e. The molecule has 0 unspecified atom stereocenters. The summed E-state index contributed by atoms with van der Waals surface area (Å²) in [5.74, 6) is -0.260. The van der Waals surface area contributed by atoms with Crippen LogP contribution in [0.1, 0.15) is 48.0 Å². The molecule has 1 amide bonds. The van der Waals surface area contributed by atoms with Gasteiger partial charge >= 0.3 is 5.97 Å². The zero-order chi connectivity index (χ0) is 18.1. The highest BCUT2D eigenvalue weighted by Crippen LogP contribution is 2.44. The lowest BCUT2D eigenvalue weighted by atomic mass is 9.77. The average Bonchev–Trinajstić information content (AvgIpc) is 3.24. The molecule has 3 heterocycles. The van der Waals surface area contributed by atoms with Crippen molar-refractivity contribution in [3.63, 3.8) is 0 Å². The Morgan fingerprint density at radius 2 is 2.00 bits per heavy atom. The lowest BCUT2D eigenvalue weighted by Crippen LogP contribution is -2.34. The first-order chi connectivity index (χ1) is 12.6. The summed E-state index contributed by atoms with van der Waals surface area (Å²) in [6, 6.07) is 7.08. The van der Waals surface area contributed by atoms with Crippen LogP contribution in [0.4, 0.5) is 0 Å². The molecule has 3 aliphatic rings. The van der Waals surface area contributed by atoms with E-state index in [2.05, 4.69) is 5.10 Å². The summed E-state index contributed by atoms with van der Waals surface area (Å²) in [5.41, 5.74) is 1.42. The lowest BCUT2D eigenvalue weighted by Gasteiger charge is -2.27. The molecule has 0 aliphatic carbocycles. The van der Waals surface area contributed by atoms with Crippen molar-refractivity contribution in [2.75, 3.05) is 6.54 Å². The van der Waals surface area contributed by atoms with E-state index in [1.165, 1.54) is 0 Å². The minimum atomic E-state index is -0.906. The van der Waals surface area contributed by atoms with E-state index in [1.54, 1.807) is 17.1 Å². The van der Waals surface area contributed by atoms with Gasteiger partial charge in [0.05, 0.1) is 17.8 Å². The van der Waals surface area contributed by atoms with Gasteiger partial charge in [0.2, 0.25) is 5.91 Å². The Balaban J connectivity index is 1.47. The molecule has 4 atom stereocenters. The maximum atomic E-state index is 12.0. The maximum absolute atomic E-state index is 12.0. The van der Waals surface area contributed by atoms with E-state index in [9.17, 15) is 9.59 Å². The van der Waals surface area contributed by atoms with E-state index in [0.29, 0.717) is 24.4 Å². The first kappa shape index (κ1) is 17.2. The second-order valence-corrected chi connectivity index (χ2v) is 7.48. The fourth-order valence-electron chi connectivity index (χ4n) is 4.41. The molecule has 2 bridgehead atoms. The third kappa shape index (κ3) is 3.38. The van der Waals surface area contributed by atoms with Crippen molar-refractivity contribution < 1.29 is 19.4 Å². The number of rotatable bonds is 5. The van der Waals surface area contributed by atoms with Gasteiger partial charge in [-0.3, -0.25) is 4.79 Å². The van der Waals surface area contributed by atoms with Crippen LogP contribution in [0.5, 0.6) is 0 Å². The van der Waals surface area contributed by atoms with E-state index in [-0.39, 0.29) is 24.0 Å². The number of piperidine rings is 1. The molecule has 1 aromatic carbocycles. The molecule has 0 spiro atoms. The minimum absolute atomic E-state index is 0.109. The number of ether oxygens (including phenoxy) is 1. The SMILES string of the molecule is O=C(O)c1ccc(C[C@@H]2[C@H](C=NN3CCCCC3=O)[C@@H]3CC[C@H]2O3)cc1. The number of carbonyl (C=O) groups excluding carboxylic acids is 1. The van der Waals surface area contributed by atoms with Gasteiger partial charge in [-0.1, -0.05) is 12.1 Å². The number of carbonyl (C=O) groups is 2. The Bertz CT molecular complexity index is 715. The van der Waals surface area contributed by atoms with E-state index in [4.69, 9.17) is 9.84 Å². The quantitative estimate of drug-likeness (QED) is 0.823. The van der Waals surface area contributed by atoms with E-state index < -0.39 is 5.97 Å². The Labute approximate surface area is 152 Å². The molecule has 4 rings (SSSR count). The topological polar surface area (TPSA) is 79.2 Å². The van der Waals surface area contributed by atoms with E-state index in [1.807, 2.05) is 18.3 Å². The molecule has 26 heavy (non-hydrogen) atoms. The molecule has 6 nitrogen and oxygen atoms in total. The first-order valence-corrected chi connectivity index (χ1v) is 9.44. The van der Waals surface area contributed by atoms with Gasteiger partial charge < -0.3 is 9.84 Å². The Morgan fingerprint density at radius 1 is 1.23 bits per heavy atom. The minimum Gasteiger partial charge on any atom is -0.478 e. The highest BCUT2D eigenvalue weighted by molar-refractivity contribution is 5.87. The molecule has 1 aromatic rings. The number of carboxylic acids is 1. The number of hydrogen-bond acceptors (Lipinski definition) is 4. The molecule has 3 saturated heterocycles.